The number of anilines is 1. The quantitative estimate of drug-likeness (QED) is 0.453. The maximum Gasteiger partial charge on any atom is 0.262 e. The van der Waals surface area contributed by atoms with Gasteiger partial charge in [0.25, 0.3) is 17.4 Å². The lowest BCUT2D eigenvalue weighted by atomic mass is 10.1. The molecular weight excluding hydrogens is 500 g/mol. The molecule has 3 N–H and O–H groups in total. The summed E-state index contributed by atoms with van der Waals surface area (Å²) < 4.78 is 3.10. The Bertz CT molecular complexity index is 853. The first-order valence-corrected chi connectivity index (χ1v) is 7.92. The van der Waals surface area contributed by atoms with Gasteiger partial charge in [0.15, 0.2) is 0 Å². The molecule has 0 spiro atoms. The third-order valence-corrected chi connectivity index (χ3v) is 4.30. The van der Waals surface area contributed by atoms with E-state index in [-0.39, 0.29) is 16.9 Å². The van der Waals surface area contributed by atoms with Crippen molar-refractivity contribution < 1.29 is 9.59 Å². The predicted molar refractivity (Wildman–Crippen MR) is 93.7 cm³/mol. The minimum Gasteiger partial charge on any atom is -0.384 e. The van der Waals surface area contributed by atoms with Crippen molar-refractivity contribution in [1.29, 1.82) is 0 Å². The number of hydrogen-bond acceptors (Lipinski definition) is 4. The van der Waals surface area contributed by atoms with Crippen LogP contribution in [-0.2, 0) is 0 Å². The van der Waals surface area contributed by atoms with Crippen LogP contribution in [0, 0.1) is 7.14 Å². The van der Waals surface area contributed by atoms with Gasteiger partial charge in [-0.2, -0.15) is 0 Å². The molecular formula is C13H7I2N3O3. The lowest BCUT2D eigenvalue weighted by molar-refractivity contribution is 0.0880. The van der Waals surface area contributed by atoms with Crippen molar-refractivity contribution in [3.63, 3.8) is 0 Å². The standard InChI is InChI=1S/C13H7I2N3O3/c14-5-1-6(15)3-7(2-5)18-9(19)4-8-10(11(18)16)13(21)17-12(8)20/h1-4H,16H2,(H,17,20,21). The number of nitrogen functional groups attached to an aromatic ring is 1. The van der Waals surface area contributed by atoms with Gasteiger partial charge in [0.2, 0.25) is 0 Å². The summed E-state index contributed by atoms with van der Waals surface area (Å²) in [5, 5.41) is 2.14. The molecule has 106 valence electrons. The molecule has 0 atom stereocenters. The Morgan fingerprint density at radius 3 is 2.19 bits per heavy atom. The number of halogens is 2. The number of amides is 2. The third kappa shape index (κ3) is 2.35. The van der Waals surface area contributed by atoms with E-state index < -0.39 is 17.4 Å². The van der Waals surface area contributed by atoms with E-state index in [1.807, 2.05) is 6.07 Å². The Balaban J connectivity index is 2.35. The number of fused-ring (bicyclic) bond motifs is 1. The van der Waals surface area contributed by atoms with E-state index in [9.17, 15) is 14.4 Å². The minimum atomic E-state index is -0.594. The van der Waals surface area contributed by atoms with Gasteiger partial charge < -0.3 is 5.73 Å². The number of nitrogens with zero attached hydrogens (tertiary/aromatic N) is 1. The third-order valence-electron chi connectivity index (χ3n) is 3.06. The van der Waals surface area contributed by atoms with Gasteiger partial charge in [-0.3, -0.25) is 24.3 Å². The zero-order valence-electron chi connectivity index (χ0n) is 10.3. The van der Waals surface area contributed by atoms with Crippen LogP contribution in [0.2, 0.25) is 0 Å². The number of nitrogens with one attached hydrogen (secondary N) is 1. The Kier molecular flexibility index (Phi) is 3.51. The highest BCUT2D eigenvalue weighted by atomic mass is 127. The molecule has 0 bridgehead atoms. The number of hydrogen-bond donors (Lipinski definition) is 2. The van der Waals surface area contributed by atoms with Gasteiger partial charge in [-0.1, -0.05) is 0 Å². The van der Waals surface area contributed by atoms with Crippen molar-refractivity contribution in [2.45, 2.75) is 0 Å². The second-order valence-electron chi connectivity index (χ2n) is 4.40. The summed E-state index contributed by atoms with van der Waals surface area (Å²) in [6, 6.07) is 6.64. The maximum absolute atomic E-state index is 12.3. The Morgan fingerprint density at radius 2 is 1.57 bits per heavy atom. The van der Waals surface area contributed by atoms with Gasteiger partial charge in [0.05, 0.1) is 16.8 Å². The smallest absolute Gasteiger partial charge is 0.262 e. The highest BCUT2D eigenvalue weighted by Gasteiger charge is 2.31. The Labute approximate surface area is 146 Å². The molecule has 0 saturated heterocycles. The molecule has 1 aliphatic heterocycles. The van der Waals surface area contributed by atoms with E-state index in [1.165, 1.54) is 4.57 Å². The average Bonchev–Trinajstić information content (AvgIpc) is 2.63. The van der Waals surface area contributed by atoms with Crippen molar-refractivity contribution in [2.75, 3.05) is 5.73 Å². The van der Waals surface area contributed by atoms with Gasteiger partial charge in [0, 0.05) is 13.2 Å². The fraction of sp³-hybridized carbons (Fsp3) is 0. The number of aromatic nitrogens is 1. The lowest BCUT2D eigenvalue weighted by Crippen LogP contribution is -2.24. The molecule has 1 aliphatic rings. The minimum absolute atomic E-state index is 0.0269. The molecule has 6 nitrogen and oxygen atoms in total. The summed E-state index contributed by atoms with van der Waals surface area (Å²) in [7, 11) is 0. The summed E-state index contributed by atoms with van der Waals surface area (Å²) >= 11 is 4.26. The van der Waals surface area contributed by atoms with Crippen molar-refractivity contribution in [2.24, 2.45) is 0 Å². The molecule has 0 unspecified atom stereocenters. The van der Waals surface area contributed by atoms with E-state index in [0.29, 0.717) is 5.69 Å². The molecule has 3 rings (SSSR count). The molecule has 1 aromatic carbocycles. The number of pyridine rings is 1. The summed E-state index contributed by atoms with van der Waals surface area (Å²) in [5.41, 5.74) is 6.15. The van der Waals surface area contributed by atoms with E-state index >= 15 is 0 Å². The molecule has 0 radical (unpaired) electrons. The van der Waals surface area contributed by atoms with Crippen molar-refractivity contribution in [1.82, 2.24) is 9.88 Å². The Hall–Kier alpha value is -1.43. The predicted octanol–water partition coefficient (Wildman–Crippen LogP) is 1.51. The second-order valence-corrected chi connectivity index (χ2v) is 6.89. The summed E-state index contributed by atoms with van der Waals surface area (Å²) in [5.74, 6) is -1.21. The molecule has 8 heteroatoms. The molecule has 2 heterocycles. The number of rotatable bonds is 1. The van der Waals surface area contributed by atoms with Crippen LogP contribution in [0.15, 0.2) is 29.1 Å². The highest BCUT2D eigenvalue weighted by Crippen LogP contribution is 2.24. The summed E-state index contributed by atoms with van der Waals surface area (Å²) in [6.07, 6.45) is 0. The molecule has 0 aliphatic carbocycles. The Morgan fingerprint density at radius 1 is 0.952 bits per heavy atom. The van der Waals surface area contributed by atoms with E-state index in [1.54, 1.807) is 12.1 Å². The van der Waals surface area contributed by atoms with Crippen LogP contribution in [0.3, 0.4) is 0 Å². The first-order chi connectivity index (χ1) is 9.88. The van der Waals surface area contributed by atoms with Crippen molar-refractivity contribution in [3.05, 3.63) is 52.9 Å². The van der Waals surface area contributed by atoms with Gasteiger partial charge in [0.1, 0.15) is 5.82 Å². The van der Waals surface area contributed by atoms with Gasteiger partial charge in [-0.25, -0.2) is 0 Å². The topological polar surface area (TPSA) is 94.2 Å². The zero-order valence-corrected chi connectivity index (χ0v) is 14.6. The molecule has 0 saturated carbocycles. The zero-order chi connectivity index (χ0) is 15.3. The van der Waals surface area contributed by atoms with E-state index in [2.05, 4.69) is 50.5 Å². The van der Waals surface area contributed by atoms with Crippen LogP contribution in [0.4, 0.5) is 5.82 Å². The number of imide groups is 1. The lowest BCUT2D eigenvalue weighted by Gasteiger charge is -2.12. The first kappa shape index (κ1) is 14.5. The first-order valence-electron chi connectivity index (χ1n) is 5.76. The van der Waals surface area contributed by atoms with Crippen LogP contribution in [0.1, 0.15) is 20.7 Å². The largest absolute Gasteiger partial charge is 0.384 e. The summed E-state index contributed by atoms with van der Waals surface area (Å²) in [6.45, 7) is 0. The maximum atomic E-state index is 12.3. The van der Waals surface area contributed by atoms with Crippen molar-refractivity contribution in [3.8, 4) is 5.69 Å². The van der Waals surface area contributed by atoms with Crippen LogP contribution in [0.25, 0.3) is 5.69 Å². The van der Waals surface area contributed by atoms with Crippen LogP contribution in [-0.4, -0.2) is 16.4 Å². The fourth-order valence-corrected chi connectivity index (χ4v) is 4.12. The fourth-order valence-electron chi connectivity index (χ4n) is 2.21. The highest BCUT2D eigenvalue weighted by molar-refractivity contribution is 14.1. The average molecular weight is 507 g/mol. The normalized spacial score (nSPS) is 13.2. The SMILES string of the molecule is Nc1c2c(cc(=O)n1-c1cc(I)cc(I)c1)C(=O)NC2=O. The molecule has 0 fully saturated rings. The number of benzene rings is 1. The van der Waals surface area contributed by atoms with E-state index in [4.69, 9.17) is 5.73 Å². The monoisotopic (exact) mass is 507 g/mol. The molecule has 2 amide bonds. The van der Waals surface area contributed by atoms with Crippen LogP contribution >= 0.6 is 45.2 Å². The number of nitrogens with two attached hydrogens (primary N) is 1. The van der Waals surface area contributed by atoms with Crippen molar-refractivity contribution >= 4 is 62.8 Å². The second kappa shape index (κ2) is 5.09. The van der Waals surface area contributed by atoms with Crippen LogP contribution < -0.4 is 16.6 Å². The summed E-state index contributed by atoms with van der Waals surface area (Å²) in [4.78, 5) is 35.7. The molecule has 1 aromatic heterocycles. The number of carbonyl (C=O) groups excluding carboxylic acids is 2. The van der Waals surface area contributed by atoms with Gasteiger partial charge >= 0.3 is 0 Å². The number of carbonyl (C=O) groups is 2. The van der Waals surface area contributed by atoms with Crippen LogP contribution in [0.5, 0.6) is 0 Å². The molecule has 2 aromatic rings. The molecule has 21 heavy (non-hydrogen) atoms. The van der Waals surface area contributed by atoms with Gasteiger partial charge in [-0.15, -0.1) is 0 Å². The van der Waals surface area contributed by atoms with Gasteiger partial charge in [-0.05, 0) is 63.4 Å². The van der Waals surface area contributed by atoms with E-state index in [0.717, 1.165) is 13.2 Å².